The van der Waals surface area contributed by atoms with Crippen LogP contribution in [0.1, 0.15) is 11.1 Å². The van der Waals surface area contributed by atoms with Crippen LogP contribution in [0.3, 0.4) is 0 Å². The molecule has 0 saturated heterocycles. The van der Waals surface area contributed by atoms with Crippen molar-refractivity contribution in [3.63, 3.8) is 0 Å². The molecule has 0 bridgehead atoms. The van der Waals surface area contributed by atoms with E-state index in [1.165, 1.54) is 6.07 Å². The number of anilines is 1. The quantitative estimate of drug-likeness (QED) is 0.663. The topological polar surface area (TPSA) is 73.0 Å². The van der Waals surface area contributed by atoms with E-state index >= 15 is 0 Å². The molecule has 18 heavy (non-hydrogen) atoms. The van der Waals surface area contributed by atoms with Crippen LogP contribution in [0.4, 0.5) is 11.4 Å². The molecular weight excluding hydrogens is 232 g/mol. The molecule has 2 rings (SSSR count). The van der Waals surface area contributed by atoms with E-state index in [4.69, 9.17) is 0 Å². The van der Waals surface area contributed by atoms with Crippen molar-refractivity contribution in [2.24, 2.45) is 7.05 Å². The van der Waals surface area contributed by atoms with Gasteiger partial charge in [0.05, 0.1) is 11.1 Å². The lowest BCUT2D eigenvalue weighted by Crippen LogP contribution is -2.03. The zero-order valence-electron chi connectivity index (χ0n) is 10.3. The van der Waals surface area contributed by atoms with Crippen LogP contribution in [0.25, 0.3) is 0 Å². The summed E-state index contributed by atoms with van der Waals surface area (Å²) in [4.78, 5) is 10.6. The lowest BCUT2D eigenvalue weighted by atomic mass is 10.1. The van der Waals surface area contributed by atoms with Crippen LogP contribution in [-0.4, -0.2) is 14.7 Å². The Kier molecular flexibility index (Phi) is 3.27. The van der Waals surface area contributed by atoms with E-state index in [1.54, 1.807) is 16.9 Å². The Bertz CT molecular complexity index is 577. The summed E-state index contributed by atoms with van der Waals surface area (Å²) >= 11 is 0. The molecule has 0 saturated carbocycles. The summed E-state index contributed by atoms with van der Waals surface area (Å²) in [5.41, 5.74) is 2.49. The standard InChI is InChI=1S/C12H14N4O2/c1-9-4-3-5-11(16(17)18)12(9)13-6-10-7-14-15(2)8-10/h3-5,7-8,13H,6H2,1-2H3. The third-order valence-corrected chi connectivity index (χ3v) is 2.68. The molecule has 1 aromatic heterocycles. The Morgan fingerprint density at radius 2 is 2.28 bits per heavy atom. The molecule has 0 radical (unpaired) electrons. The zero-order valence-corrected chi connectivity index (χ0v) is 10.3. The first-order valence-corrected chi connectivity index (χ1v) is 5.53. The van der Waals surface area contributed by atoms with Gasteiger partial charge in [0, 0.05) is 31.4 Å². The van der Waals surface area contributed by atoms with Gasteiger partial charge < -0.3 is 5.32 Å². The van der Waals surface area contributed by atoms with Crippen molar-refractivity contribution in [1.29, 1.82) is 0 Å². The monoisotopic (exact) mass is 246 g/mol. The number of aryl methyl sites for hydroxylation is 2. The summed E-state index contributed by atoms with van der Waals surface area (Å²) in [6.45, 7) is 2.36. The summed E-state index contributed by atoms with van der Waals surface area (Å²) in [6, 6.07) is 5.03. The Morgan fingerprint density at radius 1 is 1.50 bits per heavy atom. The van der Waals surface area contributed by atoms with Gasteiger partial charge >= 0.3 is 0 Å². The Hall–Kier alpha value is -2.37. The molecule has 94 valence electrons. The molecule has 6 heteroatoms. The fourth-order valence-corrected chi connectivity index (χ4v) is 1.79. The molecular formula is C12H14N4O2. The molecule has 0 fully saturated rings. The van der Waals surface area contributed by atoms with Gasteiger partial charge in [-0.2, -0.15) is 5.10 Å². The van der Waals surface area contributed by atoms with Crippen LogP contribution in [0.2, 0.25) is 0 Å². The van der Waals surface area contributed by atoms with E-state index in [1.807, 2.05) is 26.2 Å². The number of nitrogens with one attached hydrogen (secondary N) is 1. The first kappa shape index (κ1) is 12.1. The molecule has 0 aliphatic rings. The first-order valence-electron chi connectivity index (χ1n) is 5.53. The maximum absolute atomic E-state index is 10.9. The maximum Gasteiger partial charge on any atom is 0.292 e. The number of hydrogen-bond donors (Lipinski definition) is 1. The molecule has 0 spiro atoms. The van der Waals surface area contributed by atoms with Crippen LogP contribution < -0.4 is 5.32 Å². The molecule has 2 aromatic rings. The Labute approximate surface area is 104 Å². The van der Waals surface area contributed by atoms with Crippen LogP contribution in [0.15, 0.2) is 30.6 Å². The normalized spacial score (nSPS) is 10.3. The van der Waals surface area contributed by atoms with Crippen molar-refractivity contribution in [1.82, 2.24) is 9.78 Å². The highest BCUT2D eigenvalue weighted by molar-refractivity contribution is 5.65. The summed E-state index contributed by atoms with van der Waals surface area (Å²) in [7, 11) is 1.83. The largest absolute Gasteiger partial charge is 0.375 e. The minimum absolute atomic E-state index is 0.0962. The van der Waals surface area contributed by atoms with Gasteiger partial charge in [0.1, 0.15) is 5.69 Å². The van der Waals surface area contributed by atoms with E-state index in [0.29, 0.717) is 12.2 Å². The van der Waals surface area contributed by atoms with Gasteiger partial charge in [-0.1, -0.05) is 12.1 Å². The number of nitro benzene ring substituents is 1. The number of nitro groups is 1. The third-order valence-electron chi connectivity index (χ3n) is 2.68. The molecule has 0 aliphatic heterocycles. The number of para-hydroxylation sites is 1. The molecule has 6 nitrogen and oxygen atoms in total. The second-order valence-corrected chi connectivity index (χ2v) is 4.10. The lowest BCUT2D eigenvalue weighted by Gasteiger charge is -2.08. The lowest BCUT2D eigenvalue weighted by molar-refractivity contribution is -0.384. The van der Waals surface area contributed by atoms with Crippen LogP contribution in [0, 0.1) is 17.0 Å². The fraction of sp³-hybridized carbons (Fsp3) is 0.250. The minimum Gasteiger partial charge on any atom is -0.375 e. The van der Waals surface area contributed by atoms with Crippen LogP contribution in [0.5, 0.6) is 0 Å². The summed E-state index contributed by atoms with van der Waals surface area (Å²) in [5, 5.41) is 18.1. The van der Waals surface area contributed by atoms with Gasteiger partial charge in [-0.3, -0.25) is 14.8 Å². The highest BCUT2D eigenvalue weighted by Gasteiger charge is 2.14. The van der Waals surface area contributed by atoms with E-state index < -0.39 is 0 Å². The van der Waals surface area contributed by atoms with E-state index in [9.17, 15) is 10.1 Å². The van der Waals surface area contributed by atoms with Crippen LogP contribution in [-0.2, 0) is 13.6 Å². The summed E-state index contributed by atoms with van der Waals surface area (Å²) in [5.74, 6) is 0. The number of nitrogens with zero attached hydrogens (tertiary/aromatic N) is 3. The van der Waals surface area contributed by atoms with E-state index in [-0.39, 0.29) is 10.6 Å². The van der Waals surface area contributed by atoms with Gasteiger partial charge in [-0.05, 0) is 12.5 Å². The van der Waals surface area contributed by atoms with Gasteiger partial charge in [0.25, 0.3) is 5.69 Å². The summed E-state index contributed by atoms with van der Waals surface area (Å²) in [6.07, 6.45) is 3.61. The Balaban J connectivity index is 2.20. The summed E-state index contributed by atoms with van der Waals surface area (Å²) < 4.78 is 1.70. The zero-order chi connectivity index (χ0) is 13.1. The van der Waals surface area contributed by atoms with Gasteiger partial charge in [-0.15, -0.1) is 0 Å². The number of benzene rings is 1. The molecule has 1 N–H and O–H groups in total. The third kappa shape index (κ3) is 2.48. The second kappa shape index (κ2) is 4.87. The van der Waals surface area contributed by atoms with Crippen molar-refractivity contribution in [3.05, 3.63) is 51.8 Å². The average molecular weight is 246 g/mol. The number of aromatic nitrogens is 2. The fourth-order valence-electron chi connectivity index (χ4n) is 1.79. The Morgan fingerprint density at radius 3 is 2.89 bits per heavy atom. The van der Waals surface area contributed by atoms with Crippen molar-refractivity contribution in [2.45, 2.75) is 13.5 Å². The highest BCUT2D eigenvalue weighted by atomic mass is 16.6. The molecule has 1 aromatic carbocycles. The van der Waals surface area contributed by atoms with Crippen LogP contribution >= 0.6 is 0 Å². The molecule has 0 atom stereocenters. The predicted molar refractivity (Wildman–Crippen MR) is 68.4 cm³/mol. The van der Waals surface area contributed by atoms with Crippen molar-refractivity contribution in [3.8, 4) is 0 Å². The van der Waals surface area contributed by atoms with Gasteiger partial charge in [0.15, 0.2) is 0 Å². The van der Waals surface area contributed by atoms with Crippen molar-refractivity contribution < 1.29 is 4.92 Å². The average Bonchev–Trinajstić information content (AvgIpc) is 2.73. The van der Waals surface area contributed by atoms with E-state index in [2.05, 4.69) is 10.4 Å². The molecule has 0 unspecified atom stereocenters. The van der Waals surface area contributed by atoms with E-state index in [0.717, 1.165) is 11.1 Å². The minimum atomic E-state index is -0.376. The predicted octanol–water partition coefficient (Wildman–Crippen LogP) is 2.25. The smallest absolute Gasteiger partial charge is 0.292 e. The SMILES string of the molecule is Cc1cccc([N+](=O)[O-])c1NCc1cnn(C)c1. The molecule has 0 aliphatic carbocycles. The van der Waals surface area contributed by atoms with Crippen molar-refractivity contribution in [2.75, 3.05) is 5.32 Å². The first-order chi connectivity index (χ1) is 8.58. The number of rotatable bonds is 4. The highest BCUT2D eigenvalue weighted by Crippen LogP contribution is 2.27. The maximum atomic E-state index is 10.9. The second-order valence-electron chi connectivity index (χ2n) is 4.10. The van der Waals surface area contributed by atoms with Crippen molar-refractivity contribution >= 4 is 11.4 Å². The molecule has 0 amide bonds. The van der Waals surface area contributed by atoms with Gasteiger partial charge in [0.2, 0.25) is 0 Å². The number of hydrogen-bond acceptors (Lipinski definition) is 4. The van der Waals surface area contributed by atoms with Gasteiger partial charge in [-0.25, -0.2) is 0 Å². The molecule has 1 heterocycles.